The quantitative estimate of drug-likeness (QED) is 0.903. The van der Waals surface area contributed by atoms with Crippen LogP contribution >= 0.6 is 11.3 Å². The Kier molecular flexibility index (Phi) is 5.46. The van der Waals surface area contributed by atoms with E-state index in [1.165, 1.54) is 11.3 Å². The third-order valence-corrected chi connectivity index (χ3v) is 7.82. The summed E-state index contributed by atoms with van der Waals surface area (Å²) in [7, 11) is -3.35. The second-order valence-corrected chi connectivity index (χ2v) is 9.31. The normalized spacial score (nSPS) is 24.4. The molecule has 1 aliphatic heterocycles. The fourth-order valence-corrected chi connectivity index (χ4v) is 6.20. The van der Waals surface area contributed by atoms with Gasteiger partial charge in [0.2, 0.25) is 0 Å². The van der Waals surface area contributed by atoms with E-state index in [0.717, 1.165) is 36.4 Å². The molecule has 0 aromatic carbocycles. The summed E-state index contributed by atoms with van der Waals surface area (Å²) in [5, 5.41) is 3.27. The largest absolute Gasteiger partial charge is 0.312 e. The fraction of sp³-hybridized carbons (Fsp3) is 0.733. The Balaban J connectivity index is 2.26. The smallest absolute Gasteiger partial charge is 0.252 e. The highest BCUT2D eigenvalue weighted by atomic mass is 32.2. The van der Waals surface area contributed by atoms with Crippen molar-refractivity contribution in [2.75, 3.05) is 13.1 Å². The Labute approximate surface area is 132 Å². The number of hydrogen-bond acceptors (Lipinski definition) is 4. The van der Waals surface area contributed by atoms with E-state index in [9.17, 15) is 8.42 Å². The number of piperidine rings is 1. The number of aryl methyl sites for hydroxylation is 1. The molecule has 1 N–H and O–H groups in total. The molecule has 21 heavy (non-hydrogen) atoms. The van der Waals surface area contributed by atoms with Crippen LogP contribution in [0.2, 0.25) is 0 Å². The predicted octanol–water partition coefficient (Wildman–Crippen LogP) is 2.98. The summed E-state index contributed by atoms with van der Waals surface area (Å²) < 4.78 is 28.0. The van der Waals surface area contributed by atoms with Crippen LogP contribution < -0.4 is 5.32 Å². The molecule has 2 heterocycles. The van der Waals surface area contributed by atoms with Crippen LogP contribution in [-0.4, -0.2) is 31.9 Å². The van der Waals surface area contributed by atoms with Crippen molar-refractivity contribution in [1.29, 1.82) is 0 Å². The zero-order valence-corrected chi connectivity index (χ0v) is 15.0. The Morgan fingerprint density at radius 1 is 1.38 bits per heavy atom. The van der Waals surface area contributed by atoms with E-state index in [4.69, 9.17) is 0 Å². The van der Waals surface area contributed by atoms with Crippen LogP contribution in [0.25, 0.3) is 0 Å². The van der Waals surface area contributed by atoms with Gasteiger partial charge >= 0.3 is 0 Å². The first-order valence-corrected chi connectivity index (χ1v) is 9.93. The lowest BCUT2D eigenvalue weighted by molar-refractivity contribution is 0.218. The summed E-state index contributed by atoms with van der Waals surface area (Å²) in [5.74, 6) is 0.443. The summed E-state index contributed by atoms with van der Waals surface area (Å²) in [4.78, 5) is 1.12. The van der Waals surface area contributed by atoms with Crippen molar-refractivity contribution in [3.63, 3.8) is 0 Å². The zero-order valence-electron chi connectivity index (χ0n) is 13.3. The van der Waals surface area contributed by atoms with E-state index < -0.39 is 10.0 Å². The van der Waals surface area contributed by atoms with Crippen molar-refractivity contribution < 1.29 is 8.42 Å². The Hall–Kier alpha value is -0.430. The van der Waals surface area contributed by atoms with Gasteiger partial charge in [-0.25, -0.2) is 8.42 Å². The molecule has 4 nitrogen and oxygen atoms in total. The molecule has 1 aromatic rings. The highest BCUT2D eigenvalue weighted by molar-refractivity contribution is 7.91. The molecule has 0 radical (unpaired) electrons. The van der Waals surface area contributed by atoms with Gasteiger partial charge in [0.25, 0.3) is 10.0 Å². The molecule has 1 saturated heterocycles. The van der Waals surface area contributed by atoms with Crippen molar-refractivity contribution in [3.05, 3.63) is 16.5 Å². The average Bonchev–Trinajstić information content (AvgIpc) is 2.81. The second-order valence-electron chi connectivity index (χ2n) is 6.06. The first-order chi connectivity index (χ1) is 9.86. The molecule has 0 saturated carbocycles. The van der Waals surface area contributed by atoms with Gasteiger partial charge < -0.3 is 5.32 Å². The number of nitrogens with zero attached hydrogens (tertiary/aromatic N) is 1. The molecule has 2 unspecified atom stereocenters. The average molecular weight is 331 g/mol. The van der Waals surface area contributed by atoms with E-state index in [2.05, 4.69) is 19.2 Å². The van der Waals surface area contributed by atoms with Crippen LogP contribution in [0, 0.1) is 12.8 Å². The highest BCUT2D eigenvalue weighted by Gasteiger charge is 2.34. The van der Waals surface area contributed by atoms with E-state index in [-0.39, 0.29) is 6.04 Å². The molecule has 2 rings (SSSR count). The van der Waals surface area contributed by atoms with Crippen LogP contribution in [0.3, 0.4) is 0 Å². The van der Waals surface area contributed by atoms with Gasteiger partial charge in [-0.2, -0.15) is 4.31 Å². The maximum absolute atomic E-state index is 12.9. The predicted molar refractivity (Wildman–Crippen MR) is 88.2 cm³/mol. The van der Waals surface area contributed by atoms with Gasteiger partial charge in [-0.05, 0) is 50.8 Å². The maximum Gasteiger partial charge on any atom is 0.252 e. The summed E-state index contributed by atoms with van der Waals surface area (Å²) in [6.45, 7) is 10.5. The van der Waals surface area contributed by atoms with E-state index in [1.807, 2.05) is 19.9 Å². The van der Waals surface area contributed by atoms with Crippen molar-refractivity contribution in [3.8, 4) is 0 Å². The number of rotatable bonds is 5. The second kappa shape index (κ2) is 6.77. The highest BCUT2D eigenvalue weighted by Crippen LogP contribution is 2.33. The number of nitrogens with one attached hydrogen (secondary N) is 1. The number of sulfonamides is 1. The molecular weight excluding hydrogens is 304 g/mol. The molecule has 1 aliphatic rings. The SMILES string of the molecule is CCNCc1sc(S(=O)(=O)N2CC(C)CCC2C)cc1C. The molecule has 0 amide bonds. The van der Waals surface area contributed by atoms with Gasteiger partial charge in [-0.3, -0.25) is 0 Å². The Morgan fingerprint density at radius 2 is 2.10 bits per heavy atom. The molecule has 1 aromatic heterocycles. The topological polar surface area (TPSA) is 49.4 Å². The summed E-state index contributed by atoms with van der Waals surface area (Å²) in [6, 6.07) is 1.93. The first-order valence-electron chi connectivity index (χ1n) is 7.68. The molecule has 1 fully saturated rings. The lowest BCUT2D eigenvalue weighted by Crippen LogP contribution is -2.44. The lowest BCUT2D eigenvalue weighted by atomic mass is 9.97. The molecule has 120 valence electrons. The summed E-state index contributed by atoms with van der Waals surface area (Å²) >= 11 is 1.41. The molecule has 6 heteroatoms. The minimum absolute atomic E-state index is 0.103. The first kappa shape index (κ1) is 16.9. The van der Waals surface area contributed by atoms with Gasteiger partial charge in [-0.15, -0.1) is 11.3 Å². The Bertz CT molecular complexity index is 580. The van der Waals surface area contributed by atoms with Gasteiger partial charge in [0, 0.05) is 24.0 Å². The van der Waals surface area contributed by atoms with Gasteiger partial charge in [0.1, 0.15) is 4.21 Å². The van der Waals surface area contributed by atoms with Gasteiger partial charge in [-0.1, -0.05) is 13.8 Å². The molecule has 2 atom stereocenters. The van der Waals surface area contributed by atoms with Crippen molar-refractivity contribution in [2.24, 2.45) is 5.92 Å². The van der Waals surface area contributed by atoms with Crippen LogP contribution in [0.5, 0.6) is 0 Å². The monoisotopic (exact) mass is 330 g/mol. The van der Waals surface area contributed by atoms with E-state index >= 15 is 0 Å². The minimum atomic E-state index is -3.35. The molecule has 0 spiro atoms. The minimum Gasteiger partial charge on any atom is -0.312 e. The van der Waals surface area contributed by atoms with Crippen LogP contribution in [-0.2, 0) is 16.6 Å². The van der Waals surface area contributed by atoms with Crippen LogP contribution in [0.15, 0.2) is 10.3 Å². The number of hydrogen-bond donors (Lipinski definition) is 1. The van der Waals surface area contributed by atoms with Crippen molar-refractivity contribution in [2.45, 2.75) is 57.3 Å². The number of thiophene rings is 1. The summed E-state index contributed by atoms with van der Waals surface area (Å²) in [6.07, 6.45) is 2.07. The third kappa shape index (κ3) is 3.67. The van der Waals surface area contributed by atoms with Gasteiger partial charge in [0.15, 0.2) is 0 Å². The molecule has 0 bridgehead atoms. The van der Waals surface area contributed by atoms with E-state index in [1.54, 1.807) is 4.31 Å². The zero-order chi connectivity index (χ0) is 15.6. The lowest BCUT2D eigenvalue weighted by Gasteiger charge is -2.35. The van der Waals surface area contributed by atoms with E-state index in [0.29, 0.717) is 16.7 Å². The van der Waals surface area contributed by atoms with Crippen molar-refractivity contribution >= 4 is 21.4 Å². The molecular formula is C15H26N2O2S2. The molecule has 0 aliphatic carbocycles. The van der Waals surface area contributed by atoms with Crippen molar-refractivity contribution in [1.82, 2.24) is 9.62 Å². The van der Waals surface area contributed by atoms with Gasteiger partial charge in [0.05, 0.1) is 0 Å². The van der Waals surface area contributed by atoms with Crippen LogP contribution in [0.4, 0.5) is 0 Å². The standard InChI is InChI=1S/C15H26N2O2S2/c1-5-16-9-14-12(3)8-15(20-14)21(18,19)17-10-11(2)6-7-13(17)4/h8,11,13,16H,5-7,9-10H2,1-4H3. The fourth-order valence-electron chi connectivity index (χ4n) is 2.73. The summed E-state index contributed by atoms with van der Waals surface area (Å²) in [5.41, 5.74) is 1.07. The van der Waals surface area contributed by atoms with Crippen LogP contribution in [0.1, 0.15) is 44.1 Å². The third-order valence-electron chi connectivity index (χ3n) is 4.16. The Morgan fingerprint density at radius 3 is 2.76 bits per heavy atom. The maximum atomic E-state index is 12.9.